The number of rotatable bonds is 2. The molecule has 0 fully saturated rings. The molecule has 0 aromatic carbocycles. The molecule has 0 unspecified atom stereocenters. The highest BCUT2D eigenvalue weighted by molar-refractivity contribution is 5.90. The summed E-state index contributed by atoms with van der Waals surface area (Å²) in [6.45, 7) is 0.456. The molecule has 0 radical (unpaired) electrons. The largest absolute Gasteiger partial charge is 0.465 e. The Labute approximate surface area is 63.9 Å². The van der Waals surface area contributed by atoms with Gasteiger partial charge in [-0.25, -0.2) is 4.79 Å². The molecule has 11 heavy (non-hydrogen) atoms. The minimum atomic E-state index is -0.377. The zero-order valence-electron chi connectivity index (χ0n) is 6.29. The third-order valence-corrected chi connectivity index (χ3v) is 1.38. The molecule has 0 saturated heterocycles. The first-order valence-corrected chi connectivity index (χ1v) is 3.23. The van der Waals surface area contributed by atoms with Gasteiger partial charge in [-0.15, -0.1) is 0 Å². The van der Waals surface area contributed by atoms with Crippen LogP contribution in [0.15, 0.2) is 16.7 Å². The van der Waals surface area contributed by atoms with E-state index in [4.69, 9.17) is 4.42 Å². The summed E-state index contributed by atoms with van der Waals surface area (Å²) in [4.78, 5) is 10.9. The van der Waals surface area contributed by atoms with Gasteiger partial charge in [0.25, 0.3) is 0 Å². The molecule has 0 amide bonds. The molecule has 0 aliphatic heterocycles. The van der Waals surface area contributed by atoms with Gasteiger partial charge in [0.1, 0.15) is 12.1 Å². The predicted molar refractivity (Wildman–Crippen MR) is 36.6 cm³/mol. The number of carbonyl (C=O) groups excluding carboxylic acids is 1. The van der Waals surface area contributed by atoms with Gasteiger partial charge in [-0.05, 0) is 6.07 Å². The van der Waals surface area contributed by atoms with Gasteiger partial charge in [-0.2, -0.15) is 0 Å². The molecule has 0 atom stereocenters. The maximum absolute atomic E-state index is 10.9. The lowest BCUT2D eigenvalue weighted by molar-refractivity contribution is -0.390. The molecular formula is C7H10NO3+. The molecular weight excluding hydrogens is 146 g/mol. The third-order valence-electron chi connectivity index (χ3n) is 1.38. The number of carbonyl (C=O) groups is 1. The van der Waals surface area contributed by atoms with Gasteiger partial charge in [0.15, 0.2) is 5.76 Å². The van der Waals surface area contributed by atoms with E-state index in [-0.39, 0.29) is 5.97 Å². The standard InChI is InChI=1S/C7H9NO3/c1-10-7(9)5-2-3-11-6(5)4-8/h2-3H,4,8H2,1H3/p+1. The van der Waals surface area contributed by atoms with Crippen LogP contribution in [0.25, 0.3) is 0 Å². The molecule has 3 N–H and O–H groups in total. The lowest BCUT2D eigenvalue weighted by atomic mass is 10.2. The van der Waals surface area contributed by atoms with Gasteiger partial charge in [-0.3, -0.25) is 0 Å². The zero-order valence-corrected chi connectivity index (χ0v) is 6.29. The topological polar surface area (TPSA) is 67.1 Å². The summed E-state index contributed by atoms with van der Waals surface area (Å²) in [6, 6.07) is 1.58. The van der Waals surface area contributed by atoms with Crippen LogP contribution in [0.3, 0.4) is 0 Å². The smallest absolute Gasteiger partial charge is 0.341 e. The summed E-state index contributed by atoms with van der Waals surface area (Å²) in [7, 11) is 1.34. The van der Waals surface area contributed by atoms with E-state index in [1.807, 2.05) is 0 Å². The number of quaternary nitrogens is 1. The van der Waals surface area contributed by atoms with Crippen LogP contribution in [0.5, 0.6) is 0 Å². The van der Waals surface area contributed by atoms with Crippen molar-refractivity contribution in [1.29, 1.82) is 0 Å². The van der Waals surface area contributed by atoms with E-state index in [2.05, 4.69) is 10.5 Å². The fourth-order valence-electron chi connectivity index (χ4n) is 0.826. The summed E-state index contributed by atoms with van der Waals surface area (Å²) in [6.07, 6.45) is 1.45. The van der Waals surface area contributed by atoms with Crippen molar-refractivity contribution in [3.05, 3.63) is 23.7 Å². The molecule has 60 valence electrons. The summed E-state index contributed by atoms with van der Waals surface area (Å²) >= 11 is 0. The van der Waals surface area contributed by atoms with Gasteiger partial charge in [0.2, 0.25) is 0 Å². The lowest BCUT2D eigenvalue weighted by Gasteiger charge is -1.94. The molecule has 1 rings (SSSR count). The van der Waals surface area contributed by atoms with Gasteiger partial charge in [0, 0.05) is 0 Å². The van der Waals surface area contributed by atoms with Crippen molar-refractivity contribution >= 4 is 5.97 Å². The first kappa shape index (κ1) is 7.81. The van der Waals surface area contributed by atoms with Crippen LogP contribution in [-0.2, 0) is 11.3 Å². The Hall–Kier alpha value is -1.29. The molecule has 0 aliphatic carbocycles. The Kier molecular flexibility index (Phi) is 2.28. The summed E-state index contributed by atoms with van der Waals surface area (Å²) in [5.41, 5.74) is 4.06. The molecule has 0 spiro atoms. The van der Waals surface area contributed by atoms with Crippen LogP contribution in [0.4, 0.5) is 0 Å². The van der Waals surface area contributed by atoms with Crippen molar-refractivity contribution in [2.24, 2.45) is 0 Å². The number of ether oxygens (including phenoxy) is 1. The van der Waals surface area contributed by atoms with E-state index < -0.39 is 0 Å². The van der Waals surface area contributed by atoms with E-state index in [0.29, 0.717) is 17.9 Å². The average molecular weight is 156 g/mol. The lowest BCUT2D eigenvalue weighted by Crippen LogP contribution is -2.47. The fourth-order valence-corrected chi connectivity index (χ4v) is 0.826. The molecule has 0 bridgehead atoms. The Morgan fingerprint density at radius 3 is 3.09 bits per heavy atom. The van der Waals surface area contributed by atoms with Crippen LogP contribution in [0, 0.1) is 0 Å². The first-order valence-electron chi connectivity index (χ1n) is 3.23. The summed E-state index contributed by atoms with van der Waals surface area (Å²) in [5, 5.41) is 0. The Bertz CT molecular complexity index is 254. The maximum atomic E-state index is 10.9. The second kappa shape index (κ2) is 3.21. The zero-order chi connectivity index (χ0) is 8.27. The summed E-state index contributed by atoms with van der Waals surface area (Å²) < 4.78 is 9.48. The quantitative estimate of drug-likeness (QED) is 0.603. The van der Waals surface area contributed by atoms with E-state index in [9.17, 15) is 4.79 Å². The SMILES string of the molecule is COC(=O)c1ccoc1C[NH3+]. The van der Waals surface area contributed by atoms with E-state index in [0.717, 1.165) is 0 Å². The number of furan rings is 1. The maximum Gasteiger partial charge on any atom is 0.341 e. The van der Waals surface area contributed by atoms with E-state index in [1.54, 1.807) is 6.07 Å². The van der Waals surface area contributed by atoms with Crippen molar-refractivity contribution in [2.75, 3.05) is 7.11 Å². The van der Waals surface area contributed by atoms with Gasteiger partial charge < -0.3 is 14.9 Å². The normalized spacial score (nSPS) is 9.64. The molecule has 4 heteroatoms. The number of methoxy groups -OCH3 is 1. The number of esters is 1. The first-order chi connectivity index (χ1) is 5.29. The highest BCUT2D eigenvalue weighted by Crippen LogP contribution is 2.09. The minimum Gasteiger partial charge on any atom is -0.465 e. The molecule has 1 heterocycles. The van der Waals surface area contributed by atoms with E-state index >= 15 is 0 Å². The van der Waals surface area contributed by atoms with Crippen molar-refractivity contribution in [3.63, 3.8) is 0 Å². The van der Waals surface area contributed by atoms with Crippen molar-refractivity contribution < 1.29 is 19.7 Å². The second-order valence-corrected chi connectivity index (χ2v) is 2.00. The predicted octanol–water partition coefficient (Wildman–Crippen LogP) is -0.192. The van der Waals surface area contributed by atoms with Crippen LogP contribution in [-0.4, -0.2) is 13.1 Å². The van der Waals surface area contributed by atoms with Gasteiger partial charge >= 0.3 is 5.97 Å². The third kappa shape index (κ3) is 1.40. The Morgan fingerprint density at radius 2 is 2.55 bits per heavy atom. The van der Waals surface area contributed by atoms with Crippen LogP contribution in [0.1, 0.15) is 16.1 Å². The monoisotopic (exact) mass is 156 g/mol. The fraction of sp³-hybridized carbons (Fsp3) is 0.286. The highest BCUT2D eigenvalue weighted by atomic mass is 16.5. The minimum absolute atomic E-state index is 0.377. The molecule has 1 aromatic rings. The Morgan fingerprint density at radius 1 is 1.82 bits per heavy atom. The van der Waals surface area contributed by atoms with Crippen molar-refractivity contribution in [2.45, 2.75) is 6.54 Å². The van der Waals surface area contributed by atoms with Crippen molar-refractivity contribution in [1.82, 2.24) is 0 Å². The molecule has 1 aromatic heterocycles. The van der Waals surface area contributed by atoms with Crippen LogP contribution >= 0.6 is 0 Å². The highest BCUT2D eigenvalue weighted by Gasteiger charge is 2.13. The average Bonchev–Trinajstić information content (AvgIpc) is 2.50. The summed E-state index contributed by atoms with van der Waals surface area (Å²) in [5.74, 6) is 0.189. The molecule has 0 saturated carbocycles. The van der Waals surface area contributed by atoms with E-state index in [1.165, 1.54) is 13.4 Å². The number of hydrogen-bond acceptors (Lipinski definition) is 3. The second-order valence-electron chi connectivity index (χ2n) is 2.00. The Balaban J connectivity index is 2.92. The molecule has 0 aliphatic rings. The number of hydrogen-bond donors (Lipinski definition) is 1. The van der Waals surface area contributed by atoms with Crippen LogP contribution in [0.2, 0.25) is 0 Å². The van der Waals surface area contributed by atoms with Gasteiger partial charge in [0.05, 0.1) is 13.4 Å². The van der Waals surface area contributed by atoms with Gasteiger partial charge in [-0.1, -0.05) is 0 Å². The van der Waals surface area contributed by atoms with Crippen LogP contribution < -0.4 is 5.73 Å². The molecule has 4 nitrogen and oxygen atoms in total. The van der Waals surface area contributed by atoms with Crippen molar-refractivity contribution in [3.8, 4) is 0 Å².